The van der Waals surface area contributed by atoms with Crippen LogP contribution in [0.2, 0.25) is 0 Å². The quantitative estimate of drug-likeness (QED) is 0.712. The number of nitrogens with zero attached hydrogens (tertiary/aromatic N) is 1. The highest BCUT2D eigenvalue weighted by Crippen LogP contribution is 2.35. The Morgan fingerprint density at radius 3 is 2.29 bits per heavy atom. The van der Waals surface area contributed by atoms with Crippen LogP contribution in [0.5, 0.6) is 17.2 Å². The topological polar surface area (TPSA) is 74.3 Å². The van der Waals surface area contributed by atoms with Gasteiger partial charge in [0.25, 0.3) is 5.91 Å². The van der Waals surface area contributed by atoms with E-state index in [1.54, 1.807) is 17.9 Å². The Morgan fingerprint density at radius 1 is 0.964 bits per heavy atom. The van der Waals surface area contributed by atoms with E-state index in [1.165, 1.54) is 27.4 Å². The number of rotatable bonds is 6. The Balaban J connectivity index is 1.78. The summed E-state index contributed by atoms with van der Waals surface area (Å²) in [6.45, 7) is 2.13. The number of carbonyl (C=O) groups excluding carboxylic acids is 2. The molecule has 3 rings (SSSR count). The van der Waals surface area contributed by atoms with Crippen molar-refractivity contribution < 1.29 is 28.5 Å². The Morgan fingerprint density at radius 2 is 1.61 bits per heavy atom. The van der Waals surface area contributed by atoms with Crippen LogP contribution in [0.25, 0.3) is 0 Å². The lowest BCUT2D eigenvalue weighted by molar-refractivity contribution is -0.126. The third-order valence-electron chi connectivity index (χ3n) is 4.71. The van der Waals surface area contributed by atoms with Crippen molar-refractivity contribution in [3.63, 3.8) is 0 Å². The number of fused-ring (bicyclic) bond motifs is 1. The number of hydrogen-bond acceptors (Lipinski definition) is 6. The summed E-state index contributed by atoms with van der Waals surface area (Å²) < 4.78 is 21.2. The van der Waals surface area contributed by atoms with E-state index in [9.17, 15) is 9.59 Å². The fraction of sp³-hybridized carbons (Fsp3) is 0.333. The molecule has 0 aliphatic carbocycles. The minimum Gasteiger partial charge on any atom is -0.496 e. The van der Waals surface area contributed by atoms with Crippen molar-refractivity contribution in [3.05, 3.63) is 47.5 Å². The molecule has 2 aromatic rings. The van der Waals surface area contributed by atoms with Crippen molar-refractivity contribution in [2.45, 2.75) is 19.4 Å². The Hall–Kier alpha value is -3.22. The average Bonchev–Trinajstić information content (AvgIpc) is 3.15. The summed E-state index contributed by atoms with van der Waals surface area (Å²) in [5, 5.41) is 0. The monoisotopic (exact) mass is 385 g/mol. The Labute approximate surface area is 163 Å². The molecule has 0 saturated carbocycles. The standard InChI is InChI=1S/C21H23NO6/c1-13(20(23)22-10-9-14-7-5-6-8-16(14)22)28-21(24)15-11-18(26-3)19(27-4)12-17(15)25-2/h5-8,11-13H,9-10H2,1-4H3/t13-/m1/s1. The second-order valence-corrected chi connectivity index (χ2v) is 6.32. The summed E-state index contributed by atoms with van der Waals surface area (Å²) in [6.07, 6.45) is -0.164. The van der Waals surface area contributed by atoms with Crippen LogP contribution >= 0.6 is 0 Å². The molecule has 0 unspecified atom stereocenters. The molecular formula is C21H23NO6. The molecular weight excluding hydrogens is 362 g/mol. The van der Waals surface area contributed by atoms with E-state index in [4.69, 9.17) is 18.9 Å². The van der Waals surface area contributed by atoms with Crippen molar-refractivity contribution in [2.24, 2.45) is 0 Å². The highest BCUT2D eigenvalue weighted by molar-refractivity contribution is 6.01. The molecule has 2 aromatic carbocycles. The summed E-state index contributed by atoms with van der Waals surface area (Å²) in [7, 11) is 4.40. The van der Waals surface area contributed by atoms with Gasteiger partial charge in [0.15, 0.2) is 17.6 Å². The SMILES string of the molecule is COc1cc(OC)c(C(=O)O[C@H](C)C(=O)N2CCc3ccccc32)cc1OC. The molecule has 0 N–H and O–H groups in total. The van der Waals surface area contributed by atoms with Gasteiger partial charge in [-0.1, -0.05) is 18.2 Å². The van der Waals surface area contributed by atoms with Crippen molar-refractivity contribution >= 4 is 17.6 Å². The van der Waals surface area contributed by atoms with Gasteiger partial charge in [0.1, 0.15) is 11.3 Å². The largest absolute Gasteiger partial charge is 0.496 e. The average molecular weight is 385 g/mol. The van der Waals surface area contributed by atoms with Crippen LogP contribution in [0.1, 0.15) is 22.8 Å². The Kier molecular flexibility index (Phi) is 5.73. The van der Waals surface area contributed by atoms with E-state index in [0.29, 0.717) is 18.0 Å². The van der Waals surface area contributed by atoms with E-state index in [-0.39, 0.29) is 17.2 Å². The minimum absolute atomic E-state index is 0.154. The summed E-state index contributed by atoms with van der Waals surface area (Å²) in [6, 6.07) is 10.7. The van der Waals surface area contributed by atoms with Crippen molar-refractivity contribution in [1.29, 1.82) is 0 Å². The molecule has 7 nitrogen and oxygen atoms in total. The lowest BCUT2D eigenvalue weighted by atomic mass is 10.1. The fourth-order valence-corrected chi connectivity index (χ4v) is 3.25. The molecule has 0 spiro atoms. The lowest BCUT2D eigenvalue weighted by Crippen LogP contribution is -2.39. The maximum atomic E-state index is 12.8. The first-order valence-electron chi connectivity index (χ1n) is 8.90. The minimum atomic E-state index is -0.948. The highest BCUT2D eigenvalue weighted by atomic mass is 16.6. The van der Waals surface area contributed by atoms with Crippen LogP contribution in [0.15, 0.2) is 36.4 Å². The zero-order chi connectivity index (χ0) is 20.3. The van der Waals surface area contributed by atoms with Gasteiger partial charge in [0.2, 0.25) is 0 Å². The number of benzene rings is 2. The number of methoxy groups -OCH3 is 3. The van der Waals surface area contributed by atoms with Gasteiger partial charge in [-0.3, -0.25) is 4.79 Å². The molecule has 28 heavy (non-hydrogen) atoms. The molecule has 148 valence electrons. The van der Waals surface area contributed by atoms with Gasteiger partial charge < -0.3 is 23.8 Å². The van der Waals surface area contributed by atoms with Gasteiger partial charge in [-0.2, -0.15) is 0 Å². The smallest absolute Gasteiger partial charge is 0.342 e. The van der Waals surface area contributed by atoms with Crippen LogP contribution in [-0.2, 0) is 16.0 Å². The normalized spacial score (nSPS) is 13.5. The van der Waals surface area contributed by atoms with E-state index >= 15 is 0 Å². The number of para-hydroxylation sites is 1. The summed E-state index contributed by atoms with van der Waals surface area (Å²) >= 11 is 0. The molecule has 1 amide bonds. The molecule has 0 aromatic heterocycles. The molecule has 7 heteroatoms. The van der Waals surface area contributed by atoms with E-state index in [1.807, 2.05) is 24.3 Å². The predicted molar refractivity (Wildman–Crippen MR) is 103 cm³/mol. The summed E-state index contributed by atoms with van der Waals surface area (Å²) in [5.74, 6) is 0.120. The first kappa shape index (κ1) is 19.5. The zero-order valence-corrected chi connectivity index (χ0v) is 16.4. The van der Waals surface area contributed by atoms with Gasteiger partial charge in [-0.05, 0) is 25.0 Å². The van der Waals surface area contributed by atoms with Gasteiger partial charge in [0.05, 0.1) is 21.3 Å². The van der Waals surface area contributed by atoms with Crippen LogP contribution in [0.4, 0.5) is 5.69 Å². The number of esters is 1. The van der Waals surface area contributed by atoms with Gasteiger partial charge >= 0.3 is 5.97 Å². The number of carbonyl (C=O) groups is 2. The number of hydrogen-bond donors (Lipinski definition) is 0. The van der Waals surface area contributed by atoms with E-state index in [0.717, 1.165) is 17.7 Å². The number of amides is 1. The van der Waals surface area contributed by atoms with Gasteiger partial charge in [0, 0.05) is 24.4 Å². The summed E-state index contributed by atoms with van der Waals surface area (Å²) in [5.41, 5.74) is 2.12. The highest BCUT2D eigenvalue weighted by Gasteiger charge is 2.31. The lowest BCUT2D eigenvalue weighted by Gasteiger charge is -2.22. The number of anilines is 1. The molecule has 1 aliphatic heterocycles. The second kappa shape index (κ2) is 8.21. The second-order valence-electron chi connectivity index (χ2n) is 6.32. The van der Waals surface area contributed by atoms with Gasteiger partial charge in [-0.25, -0.2) is 4.79 Å². The molecule has 1 heterocycles. The third-order valence-corrected chi connectivity index (χ3v) is 4.71. The third kappa shape index (κ3) is 3.60. The molecule has 1 atom stereocenters. The van der Waals surface area contributed by atoms with Crippen LogP contribution in [-0.4, -0.2) is 45.9 Å². The molecule has 1 aliphatic rings. The van der Waals surface area contributed by atoms with Crippen molar-refractivity contribution in [3.8, 4) is 17.2 Å². The van der Waals surface area contributed by atoms with Crippen LogP contribution < -0.4 is 19.1 Å². The maximum Gasteiger partial charge on any atom is 0.342 e. The molecule has 0 fully saturated rings. The van der Waals surface area contributed by atoms with Gasteiger partial charge in [-0.15, -0.1) is 0 Å². The van der Waals surface area contributed by atoms with E-state index in [2.05, 4.69) is 0 Å². The van der Waals surface area contributed by atoms with Crippen LogP contribution in [0.3, 0.4) is 0 Å². The summed E-state index contributed by atoms with van der Waals surface area (Å²) in [4.78, 5) is 27.2. The van der Waals surface area contributed by atoms with Crippen molar-refractivity contribution in [1.82, 2.24) is 0 Å². The molecule has 0 radical (unpaired) electrons. The van der Waals surface area contributed by atoms with Crippen molar-refractivity contribution in [2.75, 3.05) is 32.8 Å². The number of ether oxygens (including phenoxy) is 4. The molecule has 0 bridgehead atoms. The first-order chi connectivity index (χ1) is 13.5. The van der Waals surface area contributed by atoms with Crippen LogP contribution in [0, 0.1) is 0 Å². The predicted octanol–water partition coefficient (Wildman–Crippen LogP) is 2.85. The van der Waals surface area contributed by atoms with E-state index < -0.39 is 12.1 Å². The first-order valence-corrected chi connectivity index (χ1v) is 8.90. The Bertz CT molecular complexity index is 894. The fourth-order valence-electron chi connectivity index (χ4n) is 3.25. The maximum absolute atomic E-state index is 12.8. The molecule has 0 saturated heterocycles. The zero-order valence-electron chi connectivity index (χ0n) is 16.4.